The van der Waals surface area contributed by atoms with Gasteiger partial charge in [0.15, 0.2) is 11.4 Å². The van der Waals surface area contributed by atoms with Crippen LogP contribution >= 0.6 is 0 Å². The lowest BCUT2D eigenvalue weighted by molar-refractivity contribution is -0.131. The molecule has 0 saturated heterocycles. The van der Waals surface area contributed by atoms with Crippen molar-refractivity contribution >= 4 is 5.97 Å². The van der Waals surface area contributed by atoms with Gasteiger partial charge in [0.05, 0.1) is 6.20 Å². The molecule has 0 radical (unpaired) electrons. The van der Waals surface area contributed by atoms with Crippen LogP contribution in [0, 0.1) is 0 Å². The number of hydrogen-bond donors (Lipinski definition) is 0. The summed E-state index contributed by atoms with van der Waals surface area (Å²) in [6.45, 7) is 1.33. The largest absolute Gasteiger partial charge is 0.443 e. The topological polar surface area (TPSA) is 65.2 Å². The summed E-state index contributed by atoms with van der Waals surface area (Å²) in [7, 11) is 0. The van der Waals surface area contributed by atoms with Gasteiger partial charge >= 0.3 is 5.97 Å². The van der Waals surface area contributed by atoms with E-state index in [-0.39, 0.29) is 0 Å². The molecule has 15 heavy (non-hydrogen) atoms. The van der Waals surface area contributed by atoms with E-state index >= 15 is 0 Å². The predicted molar refractivity (Wildman–Crippen MR) is 51.0 cm³/mol. The quantitative estimate of drug-likeness (QED) is 0.696. The number of aromatic nitrogens is 2. The minimum Gasteiger partial charge on any atom is -0.443 e. The number of esters is 1. The highest BCUT2D eigenvalue weighted by molar-refractivity contribution is 5.72. The average molecular weight is 204 g/mol. The van der Waals surface area contributed by atoms with Crippen LogP contribution in [0.1, 0.15) is 6.92 Å². The van der Waals surface area contributed by atoms with E-state index in [0.29, 0.717) is 17.3 Å². The predicted octanol–water partition coefficient (Wildman–Crippen LogP) is 1.66. The normalized spacial score (nSPS) is 9.93. The van der Waals surface area contributed by atoms with Crippen LogP contribution < -0.4 is 4.74 Å². The minimum atomic E-state index is -0.407. The summed E-state index contributed by atoms with van der Waals surface area (Å²) in [5, 5.41) is 0. The first-order valence-electron chi connectivity index (χ1n) is 4.30. The molecular formula is C10H8N2O3. The van der Waals surface area contributed by atoms with E-state index in [2.05, 4.69) is 9.97 Å². The van der Waals surface area contributed by atoms with Crippen molar-refractivity contribution in [3.05, 3.63) is 30.8 Å². The molecule has 0 aliphatic rings. The molecule has 2 heterocycles. The highest BCUT2D eigenvalue weighted by Crippen LogP contribution is 2.25. The molecular weight excluding hydrogens is 196 g/mol. The van der Waals surface area contributed by atoms with Gasteiger partial charge in [0.25, 0.3) is 0 Å². The first-order valence-corrected chi connectivity index (χ1v) is 4.30. The minimum absolute atomic E-state index is 0.326. The van der Waals surface area contributed by atoms with Crippen LogP contribution in [0.4, 0.5) is 0 Å². The van der Waals surface area contributed by atoms with Gasteiger partial charge in [-0.15, -0.1) is 0 Å². The second-order valence-corrected chi connectivity index (χ2v) is 2.78. The average Bonchev–Trinajstić information content (AvgIpc) is 2.70. The smallest absolute Gasteiger partial charge is 0.308 e. The molecule has 2 aromatic rings. The van der Waals surface area contributed by atoms with Crippen LogP contribution in [0.15, 0.2) is 35.2 Å². The van der Waals surface area contributed by atoms with E-state index in [1.54, 1.807) is 18.3 Å². The van der Waals surface area contributed by atoms with Gasteiger partial charge in [-0.1, -0.05) is 0 Å². The molecule has 0 aliphatic carbocycles. The molecule has 2 rings (SSSR count). The van der Waals surface area contributed by atoms with Gasteiger partial charge in [-0.05, 0) is 12.1 Å². The fraction of sp³-hybridized carbons (Fsp3) is 0.100. The van der Waals surface area contributed by atoms with Gasteiger partial charge < -0.3 is 9.15 Å². The molecule has 0 atom stereocenters. The summed E-state index contributed by atoms with van der Waals surface area (Å²) in [6, 6.07) is 3.30. The Bertz CT molecular complexity index is 465. The van der Waals surface area contributed by atoms with Gasteiger partial charge in [-0.25, -0.2) is 9.97 Å². The number of oxazole rings is 1. The van der Waals surface area contributed by atoms with Crippen LogP contribution in [-0.4, -0.2) is 15.9 Å². The Morgan fingerprint density at radius 1 is 1.40 bits per heavy atom. The van der Waals surface area contributed by atoms with Gasteiger partial charge in [0, 0.05) is 13.1 Å². The monoisotopic (exact) mass is 204 g/mol. The molecule has 0 saturated carbocycles. The zero-order valence-electron chi connectivity index (χ0n) is 8.01. The van der Waals surface area contributed by atoms with Gasteiger partial charge in [-0.3, -0.25) is 4.79 Å². The van der Waals surface area contributed by atoms with Crippen LogP contribution in [0.2, 0.25) is 0 Å². The van der Waals surface area contributed by atoms with Crippen molar-refractivity contribution in [3.63, 3.8) is 0 Å². The SMILES string of the molecule is CC(=O)Oc1cccnc1-c1ncco1. The molecule has 76 valence electrons. The number of ether oxygens (including phenoxy) is 1. The molecule has 0 aliphatic heterocycles. The van der Waals surface area contributed by atoms with Crippen LogP contribution in [0.5, 0.6) is 5.75 Å². The third kappa shape index (κ3) is 2.01. The van der Waals surface area contributed by atoms with Gasteiger partial charge in [0.1, 0.15) is 6.26 Å². The standard InChI is InChI=1S/C10H8N2O3/c1-7(13)15-8-3-2-4-11-9(8)10-12-5-6-14-10/h2-6H,1H3. The fourth-order valence-electron chi connectivity index (χ4n) is 1.13. The van der Waals surface area contributed by atoms with E-state index in [9.17, 15) is 4.79 Å². The van der Waals surface area contributed by atoms with Gasteiger partial charge in [0.2, 0.25) is 5.89 Å². The zero-order valence-corrected chi connectivity index (χ0v) is 8.01. The lowest BCUT2D eigenvalue weighted by Gasteiger charge is -2.03. The highest BCUT2D eigenvalue weighted by Gasteiger charge is 2.12. The number of hydrogen-bond acceptors (Lipinski definition) is 5. The van der Waals surface area contributed by atoms with E-state index in [0.717, 1.165) is 0 Å². The van der Waals surface area contributed by atoms with Gasteiger partial charge in [-0.2, -0.15) is 0 Å². The second kappa shape index (κ2) is 3.91. The maximum atomic E-state index is 10.8. The molecule has 0 amide bonds. The lowest BCUT2D eigenvalue weighted by Crippen LogP contribution is -2.03. The molecule has 5 heteroatoms. The Hall–Kier alpha value is -2.17. The number of carbonyl (C=O) groups is 1. The van der Waals surface area contributed by atoms with Crippen LogP contribution in [0.25, 0.3) is 11.6 Å². The van der Waals surface area contributed by atoms with Crippen molar-refractivity contribution in [2.24, 2.45) is 0 Å². The van der Waals surface area contributed by atoms with Crippen molar-refractivity contribution in [1.29, 1.82) is 0 Å². The first-order chi connectivity index (χ1) is 7.27. The van der Waals surface area contributed by atoms with Crippen molar-refractivity contribution in [2.75, 3.05) is 0 Å². The Balaban J connectivity index is 2.42. The number of rotatable bonds is 2. The summed E-state index contributed by atoms with van der Waals surface area (Å²) in [5.41, 5.74) is 0.415. The molecule has 0 aromatic carbocycles. The van der Waals surface area contributed by atoms with Crippen molar-refractivity contribution < 1.29 is 13.9 Å². The molecule has 0 N–H and O–H groups in total. The van der Waals surface area contributed by atoms with E-state index in [4.69, 9.17) is 9.15 Å². The Labute approximate surface area is 85.7 Å². The van der Waals surface area contributed by atoms with E-state index in [1.165, 1.54) is 19.4 Å². The molecule has 0 unspecified atom stereocenters. The molecule has 2 aromatic heterocycles. The highest BCUT2D eigenvalue weighted by atomic mass is 16.5. The number of pyridine rings is 1. The second-order valence-electron chi connectivity index (χ2n) is 2.78. The Morgan fingerprint density at radius 2 is 2.27 bits per heavy atom. The molecule has 5 nitrogen and oxygen atoms in total. The number of carbonyl (C=O) groups excluding carboxylic acids is 1. The number of nitrogens with zero attached hydrogens (tertiary/aromatic N) is 2. The molecule has 0 fully saturated rings. The molecule has 0 bridgehead atoms. The fourth-order valence-corrected chi connectivity index (χ4v) is 1.13. The molecule has 0 spiro atoms. The summed E-state index contributed by atoms with van der Waals surface area (Å²) in [6.07, 6.45) is 4.51. The third-order valence-corrected chi connectivity index (χ3v) is 1.66. The lowest BCUT2D eigenvalue weighted by atomic mass is 10.3. The van der Waals surface area contributed by atoms with Crippen molar-refractivity contribution in [2.45, 2.75) is 6.92 Å². The maximum Gasteiger partial charge on any atom is 0.308 e. The third-order valence-electron chi connectivity index (χ3n) is 1.66. The van der Waals surface area contributed by atoms with Crippen LogP contribution in [-0.2, 0) is 4.79 Å². The van der Waals surface area contributed by atoms with Crippen molar-refractivity contribution in [1.82, 2.24) is 9.97 Å². The Morgan fingerprint density at radius 3 is 2.93 bits per heavy atom. The summed E-state index contributed by atoms with van der Waals surface area (Å²) in [4.78, 5) is 18.8. The maximum absolute atomic E-state index is 10.8. The summed E-state index contributed by atoms with van der Waals surface area (Å²) in [5.74, 6) is 0.259. The van der Waals surface area contributed by atoms with E-state index < -0.39 is 5.97 Å². The summed E-state index contributed by atoms with van der Waals surface area (Å²) < 4.78 is 10.0. The van der Waals surface area contributed by atoms with Crippen LogP contribution in [0.3, 0.4) is 0 Å². The zero-order chi connectivity index (χ0) is 10.7. The van der Waals surface area contributed by atoms with E-state index in [1.807, 2.05) is 0 Å². The Kier molecular flexibility index (Phi) is 2.45. The summed E-state index contributed by atoms with van der Waals surface area (Å²) >= 11 is 0. The first kappa shape index (κ1) is 9.39. The van der Waals surface area contributed by atoms with Crippen molar-refractivity contribution in [3.8, 4) is 17.3 Å².